The van der Waals surface area contributed by atoms with Crippen LogP contribution >= 0.6 is 0 Å². The van der Waals surface area contributed by atoms with E-state index in [1.165, 1.54) is 0 Å². The third-order valence-electron chi connectivity index (χ3n) is 7.67. The normalized spacial score (nSPS) is 11.9. The van der Waals surface area contributed by atoms with E-state index in [0.29, 0.717) is 23.4 Å². The zero-order chi connectivity index (χ0) is 26.9. The number of pyridine rings is 1. The summed E-state index contributed by atoms with van der Waals surface area (Å²) >= 11 is 0. The van der Waals surface area contributed by atoms with Crippen molar-refractivity contribution in [1.29, 1.82) is 0 Å². The summed E-state index contributed by atoms with van der Waals surface area (Å²) in [5.41, 5.74) is 6.10. The van der Waals surface area contributed by atoms with E-state index >= 15 is 0 Å². The minimum absolute atomic E-state index is 0.461. The Bertz CT molecular complexity index is 2380. The molecule has 0 amide bonds. The van der Waals surface area contributed by atoms with E-state index in [9.17, 15) is 0 Å². The lowest BCUT2D eigenvalue weighted by Crippen LogP contribution is -2.10. The van der Waals surface area contributed by atoms with Crippen LogP contribution in [0.4, 0.5) is 0 Å². The molecule has 192 valence electrons. The second-order valence-corrected chi connectivity index (χ2v) is 9.98. The Balaban J connectivity index is 1.43. The minimum atomic E-state index is 0.461. The highest BCUT2D eigenvalue weighted by molar-refractivity contribution is 6.18. The van der Waals surface area contributed by atoms with Crippen molar-refractivity contribution in [2.24, 2.45) is 0 Å². The second kappa shape index (κ2) is 8.34. The fraction of sp³-hybridized carbons (Fsp3) is 0. The molecular formula is C34H20N6O. The van der Waals surface area contributed by atoms with Gasteiger partial charge in [-0.25, -0.2) is 4.57 Å². The summed E-state index contributed by atoms with van der Waals surface area (Å²) in [7, 11) is 0. The average Bonchev–Trinajstić information content (AvgIpc) is 3.68. The number of furan rings is 1. The van der Waals surface area contributed by atoms with E-state index in [4.69, 9.17) is 24.4 Å². The van der Waals surface area contributed by atoms with Crippen LogP contribution in [0.3, 0.4) is 0 Å². The quantitative estimate of drug-likeness (QED) is 0.233. The Kier molecular flexibility index (Phi) is 4.48. The first-order valence-electron chi connectivity index (χ1n) is 13.4. The van der Waals surface area contributed by atoms with Gasteiger partial charge in [-0.15, -0.1) is 0 Å². The maximum Gasteiger partial charge on any atom is 0.242 e. The smallest absolute Gasteiger partial charge is 0.242 e. The molecule has 7 nitrogen and oxygen atoms in total. The zero-order valence-electron chi connectivity index (χ0n) is 21.6. The first-order valence-corrected chi connectivity index (χ1v) is 13.4. The third kappa shape index (κ3) is 3.14. The van der Waals surface area contributed by atoms with Crippen LogP contribution in [0.5, 0.6) is 0 Å². The van der Waals surface area contributed by atoms with Gasteiger partial charge in [0.1, 0.15) is 11.1 Å². The molecule has 0 aliphatic heterocycles. The van der Waals surface area contributed by atoms with Crippen molar-refractivity contribution < 1.29 is 4.42 Å². The molecule has 0 radical (unpaired) electrons. The lowest BCUT2D eigenvalue weighted by molar-refractivity contribution is 0.640. The summed E-state index contributed by atoms with van der Waals surface area (Å²) in [5.74, 6) is 1.56. The Morgan fingerprint density at radius 1 is 0.512 bits per heavy atom. The van der Waals surface area contributed by atoms with E-state index < -0.39 is 0 Å². The molecule has 0 saturated carbocycles. The topological polar surface area (TPSA) is 74.6 Å². The average molecular weight is 529 g/mol. The standard InChI is InChI=1S/C34H20N6O/c1-2-11-21(12-3-1)31-36-33(39-25-16-7-4-13-22(25)23-14-5-8-17-26(23)39)38-34(37-31)40-27-18-10-20-35-30(27)29-24-15-6-9-19-28(24)41-32(29)40/h1-20H. The van der Waals surface area contributed by atoms with Gasteiger partial charge in [0.25, 0.3) is 0 Å². The van der Waals surface area contributed by atoms with E-state index in [2.05, 4.69) is 47.0 Å². The molecule has 0 unspecified atom stereocenters. The fourth-order valence-electron chi connectivity index (χ4n) is 5.90. The molecule has 0 atom stereocenters. The molecule has 0 aliphatic rings. The van der Waals surface area contributed by atoms with Crippen LogP contribution in [0.15, 0.2) is 126 Å². The number of hydrogen-bond donors (Lipinski definition) is 0. The van der Waals surface area contributed by atoms with Crippen LogP contribution in [0.2, 0.25) is 0 Å². The van der Waals surface area contributed by atoms with Gasteiger partial charge in [0.05, 0.1) is 21.9 Å². The molecule has 0 bridgehead atoms. The van der Waals surface area contributed by atoms with Crippen molar-refractivity contribution >= 4 is 54.9 Å². The van der Waals surface area contributed by atoms with E-state index in [0.717, 1.165) is 54.8 Å². The lowest BCUT2D eigenvalue weighted by atomic mass is 10.2. The van der Waals surface area contributed by atoms with E-state index in [-0.39, 0.29) is 0 Å². The molecule has 41 heavy (non-hydrogen) atoms. The Hall–Kier alpha value is -5.82. The molecule has 0 fully saturated rings. The third-order valence-corrected chi connectivity index (χ3v) is 7.67. The SMILES string of the molecule is c1ccc(-c2nc(-n3c4ccccc4c4ccccc43)nc(-n3c4cccnc4c4c5ccccc5oc43)n2)cc1. The van der Waals surface area contributed by atoms with Crippen LogP contribution in [-0.4, -0.2) is 29.1 Å². The Labute approximate surface area is 233 Å². The summed E-state index contributed by atoms with van der Waals surface area (Å²) in [5, 5.41) is 4.23. The van der Waals surface area contributed by atoms with Gasteiger partial charge in [-0.1, -0.05) is 84.9 Å². The fourth-order valence-corrected chi connectivity index (χ4v) is 5.90. The largest absolute Gasteiger partial charge is 0.439 e. The van der Waals surface area contributed by atoms with Crippen LogP contribution < -0.4 is 0 Å². The summed E-state index contributed by atoms with van der Waals surface area (Å²) in [6.45, 7) is 0. The van der Waals surface area contributed by atoms with Gasteiger partial charge in [0, 0.05) is 27.9 Å². The van der Waals surface area contributed by atoms with Gasteiger partial charge < -0.3 is 4.42 Å². The van der Waals surface area contributed by atoms with Gasteiger partial charge in [-0.2, -0.15) is 15.0 Å². The van der Waals surface area contributed by atoms with Gasteiger partial charge >= 0.3 is 0 Å². The predicted molar refractivity (Wildman–Crippen MR) is 162 cm³/mol. The summed E-state index contributed by atoms with van der Waals surface area (Å²) in [6.07, 6.45) is 1.81. The molecule has 9 rings (SSSR count). The van der Waals surface area contributed by atoms with Crippen molar-refractivity contribution in [3.05, 3.63) is 121 Å². The molecule has 5 aromatic heterocycles. The van der Waals surface area contributed by atoms with E-state index in [1.807, 2.05) is 77.4 Å². The molecule has 0 N–H and O–H groups in total. The second-order valence-electron chi connectivity index (χ2n) is 9.98. The number of fused-ring (bicyclic) bond motifs is 8. The summed E-state index contributed by atoms with van der Waals surface area (Å²) in [6, 6.07) is 38.7. The van der Waals surface area contributed by atoms with Gasteiger partial charge in [-0.3, -0.25) is 9.55 Å². The molecule has 4 aromatic carbocycles. The van der Waals surface area contributed by atoms with Gasteiger partial charge in [0.15, 0.2) is 5.82 Å². The number of aromatic nitrogens is 6. The number of hydrogen-bond acceptors (Lipinski definition) is 5. The van der Waals surface area contributed by atoms with Crippen molar-refractivity contribution in [1.82, 2.24) is 29.1 Å². The number of rotatable bonds is 3. The van der Waals surface area contributed by atoms with Crippen molar-refractivity contribution in [2.45, 2.75) is 0 Å². The van der Waals surface area contributed by atoms with Crippen LogP contribution in [0.25, 0.3) is 78.2 Å². The maximum atomic E-state index is 6.46. The number of nitrogens with zero attached hydrogens (tertiary/aromatic N) is 6. The van der Waals surface area contributed by atoms with Crippen LogP contribution in [-0.2, 0) is 0 Å². The molecular weight excluding hydrogens is 508 g/mol. The van der Waals surface area contributed by atoms with Gasteiger partial charge in [-0.05, 0) is 30.3 Å². The van der Waals surface area contributed by atoms with Crippen molar-refractivity contribution in [2.75, 3.05) is 0 Å². The molecule has 0 aliphatic carbocycles. The maximum absolute atomic E-state index is 6.46. The molecule has 9 aromatic rings. The van der Waals surface area contributed by atoms with Crippen LogP contribution in [0, 0.1) is 0 Å². The van der Waals surface area contributed by atoms with Crippen molar-refractivity contribution in [3.8, 4) is 23.3 Å². The molecule has 0 spiro atoms. The Morgan fingerprint density at radius 3 is 1.88 bits per heavy atom. The van der Waals surface area contributed by atoms with E-state index in [1.54, 1.807) is 6.20 Å². The lowest BCUT2D eigenvalue weighted by Gasteiger charge is -2.11. The number of benzene rings is 4. The number of para-hydroxylation sites is 3. The summed E-state index contributed by atoms with van der Waals surface area (Å²) in [4.78, 5) is 20.0. The van der Waals surface area contributed by atoms with Crippen molar-refractivity contribution in [3.63, 3.8) is 0 Å². The first kappa shape index (κ1) is 22.0. The Morgan fingerprint density at radius 2 is 1.12 bits per heavy atom. The zero-order valence-corrected chi connectivity index (χ0v) is 21.6. The molecule has 5 heterocycles. The first-order chi connectivity index (χ1) is 20.3. The monoisotopic (exact) mass is 528 g/mol. The van der Waals surface area contributed by atoms with Gasteiger partial charge in [0.2, 0.25) is 17.6 Å². The summed E-state index contributed by atoms with van der Waals surface area (Å²) < 4.78 is 10.5. The highest BCUT2D eigenvalue weighted by Gasteiger charge is 2.23. The predicted octanol–water partition coefficient (Wildman–Crippen LogP) is 7.87. The molecule has 7 heteroatoms. The molecule has 0 saturated heterocycles. The van der Waals surface area contributed by atoms with Crippen LogP contribution in [0.1, 0.15) is 0 Å². The minimum Gasteiger partial charge on any atom is -0.439 e. The highest BCUT2D eigenvalue weighted by Crippen LogP contribution is 2.38. The highest BCUT2D eigenvalue weighted by atomic mass is 16.3.